The molecule has 4 aromatic rings. The standard InChI is InChI=1S/C18H20ClN3O3S.C16H16ClN3O3S/c1-3-25-17(24)14-8-20-18(26-2)22-16(14)21-13-5-10-4-12(9-23)15(19)7-11(10)6-13;1-24-16-18-6-12(15(22)23)14(20-16)19-11-3-8-2-10(7-21)13(17)5-9(8)4-11/h4,7-8,13,23H,3,5-6,9H2,1-2H3,(H,20,21,22);2,5-6,11,21H,3-4,7H2,1H3,(H,22,23)(H,18,19,20). The van der Waals surface area contributed by atoms with E-state index in [1.54, 1.807) is 6.92 Å². The van der Waals surface area contributed by atoms with Crippen molar-refractivity contribution in [2.75, 3.05) is 29.8 Å². The van der Waals surface area contributed by atoms with Crippen molar-refractivity contribution in [3.63, 3.8) is 0 Å². The first-order valence-corrected chi connectivity index (χ1v) is 18.8. The predicted octanol–water partition coefficient (Wildman–Crippen LogP) is 5.72. The van der Waals surface area contributed by atoms with Gasteiger partial charge in [-0.3, -0.25) is 0 Å². The van der Waals surface area contributed by atoms with Crippen LogP contribution in [0.3, 0.4) is 0 Å². The Morgan fingerprint density at radius 1 is 0.780 bits per heavy atom. The minimum Gasteiger partial charge on any atom is -0.477 e. The molecule has 264 valence electrons. The van der Waals surface area contributed by atoms with Crippen LogP contribution in [0.4, 0.5) is 11.6 Å². The van der Waals surface area contributed by atoms with Crippen LogP contribution in [0.2, 0.25) is 10.0 Å². The van der Waals surface area contributed by atoms with Gasteiger partial charge in [-0.25, -0.2) is 29.5 Å². The van der Waals surface area contributed by atoms with Crippen molar-refractivity contribution < 1.29 is 29.6 Å². The van der Waals surface area contributed by atoms with Crippen LogP contribution in [0.1, 0.15) is 61.0 Å². The lowest BCUT2D eigenvalue weighted by Crippen LogP contribution is -2.23. The first-order chi connectivity index (χ1) is 24.1. The number of thioether (sulfide) groups is 2. The van der Waals surface area contributed by atoms with Crippen LogP contribution in [-0.2, 0) is 43.6 Å². The molecule has 6 rings (SSSR count). The fourth-order valence-corrected chi connectivity index (χ4v) is 7.06. The van der Waals surface area contributed by atoms with Crippen LogP contribution in [0.5, 0.6) is 0 Å². The van der Waals surface area contributed by atoms with Gasteiger partial charge in [-0.1, -0.05) is 58.9 Å². The van der Waals surface area contributed by atoms with Gasteiger partial charge < -0.3 is 30.7 Å². The number of ether oxygens (including phenoxy) is 1. The maximum atomic E-state index is 12.2. The fraction of sp³-hybridized carbons (Fsp3) is 0.353. The highest BCUT2D eigenvalue weighted by molar-refractivity contribution is 7.98. The molecule has 0 fully saturated rings. The van der Waals surface area contributed by atoms with Crippen molar-refractivity contribution in [2.24, 2.45) is 0 Å². The summed E-state index contributed by atoms with van der Waals surface area (Å²) >= 11 is 15.1. The number of aromatic nitrogens is 4. The second-order valence-corrected chi connectivity index (χ2v) is 13.9. The molecule has 0 bridgehead atoms. The number of rotatable bonds is 11. The van der Waals surface area contributed by atoms with Crippen molar-refractivity contribution in [1.82, 2.24) is 19.9 Å². The topological polar surface area (TPSA) is 180 Å². The number of anilines is 2. The van der Waals surface area contributed by atoms with E-state index >= 15 is 0 Å². The van der Waals surface area contributed by atoms with Crippen molar-refractivity contribution >= 4 is 70.3 Å². The molecular formula is C34H36Cl2N6O6S2. The van der Waals surface area contributed by atoms with Gasteiger partial charge >= 0.3 is 11.9 Å². The minimum absolute atomic E-state index is 0.0210. The number of fused-ring (bicyclic) bond motifs is 2. The number of aliphatic hydroxyl groups excluding tert-OH is 2. The van der Waals surface area contributed by atoms with Crippen molar-refractivity contribution in [1.29, 1.82) is 0 Å². The monoisotopic (exact) mass is 758 g/mol. The molecule has 0 aliphatic heterocycles. The molecule has 16 heteroatoms. The molecule has 2 heterocycles. The molecule has 5 N–H and O–H groups in total. The van der Waals surface area contributed by atoms with E-state index in [0.29, 0.717) is 49.7 Å². The summed E-state index contributed by atoms with van der Waals surface area (Å²) in [7, 11) is 0. The summed E-state index contributed by atoms with van der Waals surface area (Å²) in [5, 5.41) is 36.8. The molecular weight excluding hydrogens is 723 g/mol. The van der Waals surface area contributed by atoms with Crippen molar-refractivity contribution in [3.8, 4) is 0 Å². The number of aliphatic hydroxyl groups is 2. The molecule has 2 atom stereocenters. The molecule has 2 aromatic heterocycles. The van der Waals surface area contributed by atoms with Crippen LogP contribution < -0.4 is 10.6 Å². The molecule has 2 unspecified atom stereocenters. The van der Waals surface area contributed by atoms with Gasteiger partial charge in [0, 0.05) is 34.5 Å². The van der Waals surface area contributed by atoms with E-state index in [2.05, 4.69) is 30.6 Å². The largest absolute Gasteiger partial charge is 0.477 e. The number of hydrogen-bond donors (Lipinski definition) is 5. The Kier molecular flexibility index (Phi) is 12.8. The number of esters is 1. The molecule has 0 saturated heterocycles. The van der Waals surface area contributed by atoms with Crippen molar-refractivity contribution in [3.05, 3.63) is 91.2 Å². The number of carbonyl (C=O) groups is 2. The normalized spacial score (nSPS) is 15.8. The van der Waals surface area contributed by atoms with Gasteiger partial charge in [-0.15, -0.1) is 0 Å². The first-order valence-electron chi connectivity index (χ1n) is 15.6. The van der Waals surface area contributed by atoms with Crippen molar-refractivity contribution in [2.45, 2.75) is 68.2 Å². The first kappa shape index (κ1) is 37.6. The zero-order valence-corrected chi connectivity index (χ0v) is 30.6. The van der Waals surface area contributed by atoms with Gasteiger partial charge in [-0.2, -0.15) is 0 Å². The molecule has 12 nitrogen and oxygen atoms in total. The Balaban J connectivity index is 0.000000195. The SMILES string of the molecule is CCOC(=O)c1cnc(SC)nc1NC1Cc2cc(Cl)c(CO)cc2C1.CSc1ncc(C(=O)O)c(NC2Cc3cc(Cl)c(CO)cc3C2)n1. The number of carbonyl (C=O) groups excluding carboxylic acids is 1. The summed E-state index contributed by atoms with van der Waals surface area (Å²) in [5.74, 6) is -0.697. The van der Waals surface area contributed by atoms with Crippen LogP contribution in [-0.4, -0.2) is 78.4 Å². The maximum absolute atomic E-state index is 12.2. The number of benzene rings is 2. The Morgan fingerprint density at radius 2 is 1.20 bits per heavy atom. The lowest BCUT2D eigenvalue weighted by molar-refractivity contribution is 0.0525. The van der Waals surface area contributed by atoms with E-state index in [4.69, 9.17) is 27.9 Å². The smallest absolute Gasteiger partial charge is 0.343 e. The fourth-order valence-electron chi connectivity index (χ4n) is 5.88. The molecule has 0 spiro atoms. The average molecular weight is 760 g/mol. The van der Waals surface area contributed by atoms with Gasteiger partial charge in [0.05, 0.1) is 19.8 Å². The summed E-state index contributed by atoms with van der Waals surface area (Å²) in [5.41, 5.74) is 6.31. The summed E-state index contributed by atoms with van der Waals surface area (Å²) in [6, 6.07) is 7.73. The van der Waals surface area contributed by atoms with Crippen LogP contribution >= 0.6 is 46.7 Å². The lowest BCUT2D eigenvalue weighted by atomic mass is 10.1. The Labute approximate surface area is 307 Å². The van der Waals surface area contributed by atoms with E-state index in [0.717, 1.165) is 53.5 Å². The number of nitrogens with one attached hydrogen (secondary N) is 2. The van der Waals surface area contributed by atoms with Gasteiger partial charge in [0.25, 0.3) is 0 Å². The molecule has 50 heavy (non-hydrogen) atoms. The highest BCUT2D eigenvalue weighted by atomic mass is 35.5. The summed E-state index contributed by atoms with van der Waals surface area (Å²) in [6.45, 7) is 1.87. The number of aromatic carboxylic acids is 1. The van der Waals surface area contributed by atoms with Gasteiger partial charge in [0.15, 0.2) is 10.3 Å². The zero-order chi connectivity index (χ0) is 35.9. The van der Waals surface area contributed by atoms with E-state index in [-0.39, 0.29) is 30.9 Å². The minimum atomic E-state index is -1.06. The summed E-state index contributed by atoms with van der Waals surface area (Å²) in [6.07, 6.45) is 9.52. The molecule has 0 amide bonds. The molecule has 2 aromatic carbocycles. The zero-order valence-electron chi connectivity index (χ0n) is 27.5. The van der Waals surface area contributed by atoms with Crippen LogP contribution in [0, 0.1) is 0 Å². The Hall–Kier alpha value is -3.66. The van der Waals surface area contributed by atoms with Gasteiger partial charge in [0.2, 0.25) is 0 Å². The molecule has 2 aliphatic carbocycles. The highest BCUT2D eigenvalue weighted by Crippen LogP contribution is 2.32. The second-order valence-electron chi connectivity index (χ2n) is 11.5. The quantitative estimate of drug-likeness (QED) is 0.0712. The van der Waals surface area contributed by atoms with E-state index < -0.39 is 11.9 Å². The maximum Gasteiger partial charge on any atom is 0.343 e. The number of nitrogens with zero attached hydrogens (tertiary/aromatic N) is 4. The molecule has 0 saturated carbocycles. The number of halogens is 2. The highest BCUT2D eigenvalue weighted by Gasteiger charge is 2.27. The Bertz CT molecular complexity index is 1900. The molecule has 2 aliphatic rings. The average Bonchev–Trinajstić information content (AvgIpc) is 3.68. The van der Waals surface area contributed by atoms with Crippen LogP contribution in [0.15, 0.2) is 47.0 Å². The lowest BCUT2D eigenvalue weighted by Gasteiger charge is -2.16. The van der Waals surface area contributed by atoms with E-state index in [9.17, 15) is 24.9 Å². The number of carboxylic acids is 1. The predicted molar refractivity (Wildman–Crippen MR) is 195 cm³/mol. The van der Waals surface area contributed by atoms with Gasteiger partial charge in [-0.05, 0) is 90.6 Å². The number of hydrogen-bond acceptors (Lipinski definition) is 13. The third kappa shape index (κ3) is 8.79. The third-order valence-corrected chi connectivity index (χ3v) is 10.1. The van der Waals surface area contributed by atoms with E-state index in [1.165, 1.54) is 35.9 Å². The summed E-state index contributed by atoms with van der Waals surface area (Å²) < 4.78 is 5.10. The second kappa shape index (κ2) is 17.0. The number of carboxylic acid groups (broad SMARTS) is 1. The molecule has 0 radical (unpaired) electrons. The summed E-state index contributed by atoms with van der Waals surface area (Å²) in [4.78, 5) is 40.5. The van der Waals surface area contributed by atoms with Crippen LogP contribution in [0.25, 0.3) is 0 Å². The van der Waals surface area contributed by atoms with E-state index in [1.807, 2.05) is 36.8 Å². The van der Waals surface area contributed by atoms with Gasteiger partial charge in [0.1, 0.15) is 22.8 Å². The Morgan fingerprint density at radius 3 is 1.60 bits per heavy atom. The third-order valence-electron chi connectivity index (χ3n) is 8.25.